The number of amides is 1. The first-order valence-electron chi connectivity index (χ1n) is 7.94. The standard InChI is InChI=1S/C18H16F2N2O2/c19-13-4-3-5-14(20)12(13)11-22-15-6-9-24-17(15)10-16(22)18(23)21-7-1-2-8-21/h3-6,9-10H,1-2,7-8,11H2. The molecule has 1 amide bonds. The Balaban J connectivity index is 1.80. The highest BCUT2D eigenvalue weighted by Gasteiger charge is 2.25. The summed E-state index contributed by atoms with van der Waals surface area (Å²) in [6, 6.07) is 7.12. The number of carbonyl (C=O) groups excluding carboxylic acids is 1. The summed E-state index contributed by atoms with van der Waals surface area (Å²) in [5, 5.41) is 0. The second-order valence-electron chi connectivity index (χ2n) is 5.99. The summed E-state index contributed by atoms with van der Waals surface area (Å²) < 4.78 is 35.1. The average molecular weight is 330 g/mol. The lowest BCUT2D eigenvalue weighted by atomic mass is 10.2. The molecule has 4 rings (SSSR count). The molecule has 0 N–H and O–H groups in total. The van der Waals surface area contributed by atoms with Gasteiger partial charge in [-0.1, -0.05) is 6.07 Å². The van der Waals surface area contributed by atoms with Crippen molar-refractivity contribution in [1.29, 1.82) is 0 Å². The summed E-state index contributed by atoms with van der Waals surface area (Å²) in [4.78, 5) is 14.5. The number of carbonyl (C=O) groups is 1. The number of hydrogen-bond donors (Lipinski definition) is 0. The Labute approximate surface area is 137 Å². The molecule has 2 aromatic heterocycles. The summed E-state index contributed by atoms with van der Waals surface area (Å²) in [6.07, 6.45) is 3.46. The third kappa shape index (κ3) is 2.38. The first kappa shape index (κ1) is 14.9. The molecule has 1 fully saturated rings. The van der Waals surface area contributed by atoms with Crippen molar-refractivity contribution in [2.24, 2.45) is 0 Å². The van der Waals surface area contributed by atoms with Gasteiger partial charge in [0.15, 0.2) is 5.58 Å². The third-order valence-electron chi connectivity index (χ3n) is 4.51. The van der Waals surface area contributed by atoms with Crippen molar-refractivity contribution in [2.45, 2.75) is 19.4 Å². The van der Waals surface area contributed by atoms with Gasteiger partial charge >= 0.3 is 0 Å². The smallest absolute Gasteiger partial charge is 0.270 e. The lowest BCUT2D eigenvalue weighted by Crippen LogP contribution is -2.29. The molecule has 6 heteroatoms. The number of nitrogens with zero attached hydrogens (tertiary/aromatic N) is 2. The van der Waals surface area contributed by atoms with E-state index >= 15 is 0 Å². The molecule has 3 heterocycles. The third-order valence-corrected chi connectivity index (χ3v) is 4.51. The zero-order chi connectivity index (χ0) is 16.7. The van der Waals surface area contributed by atoms with E-state index in [0.717, 1.165) is 12.8 Å². The van der Waals surface area contributed by atoms with Crippen molar-refractivity contribution in [2.75, 3.05) is 13.1 Å². The number of aromatic nitrogens is 1. The quantitative estimate of drug-likeness (QED) is 0.733. The van der Waals surface area contributed by atoms with Crippen LogP contribution in [0, 0.1) is 11.6 Å². The zero-order valence-corrected chi connectivity index (χ0v) is 13.0. The largest absolute Gasteiger partial charge is 0.463 e. The van der Waals surface area contributed by atoms with Crippen LogP contribution in [0.1, 0.15) is 28.9 Å². The Morgan fingerprint density at radius 1 is 1.12 bits per heavy atom. The Kier molecular flexibility index (Phi) is 3.59. The van der Waals surface area contributed by atoms with E-state index in [1.165, 1.54) is 24.5 Å². The molecule has 3 aromatic rings. The normalized spacial score (nSPS) is 14.7. The van der Waals surface area contributed by atoms with Crippen molar-refractivity contribution in [1.82, 2.24) is 9.47 Å². The molecule has 24 heavy (non-hydrogen) atoms. The van der Waals surface area contributed by atoms with Crippen LogP contribution in [0.3, 0.4) is 0 Å². The first-order chi connectivity index (χ1) is 11.6. The Hall–Kier alpha value is -2.63. The van der Waals surface area contributed by atoms with Gasteiger partial charge in [0, 0.05) is 30.8 Å². The second kappa shape index (κ2) is 5.78. The fourth-order valence-corrected chi connectivity index (χ4v) is 3.25. The summed E-state index contributed by atoms with van der Waals surface area (Å²) in [7, 11) is 0. The van der Waals surface area contributed by atoms with Crippen molar-refractivity contribution in [3.8, 4) is 0 Å². The van der Waals surface area contributed by atoms with Crippen LogP contribution in [0.25, 0.3) is 11.1 Å². The van der Waals surface area contributed by atoms with E-state index in [0.29, 0.717) is 29.9 Å². The van der Waals surface area contributed by atoms with Gasteiger partial charge in [-0.2, -0.15) is 0 Å². The van der Waals surface area contributed by atoms with E-state index < -0.39 is 11.6 Å². The Bertz CT molecular complexity index is 887. The molecule has 1 saturated heterocycles. The minimum absolute atomic E-state index is 0.0591. The number of likely N-dealkylation sites (tertiary alicyclic amines) is 1. The van der Waals surface area contributed by atoms with Gasteiger partial charge in [-0.05, 0) is 25.0 Å². The van der Waals surface area contributed by atoms with Crippen LogP contribution >= 0.6 is 0 Å². The van der Waals surface area contributed by atoms with Crippen molar-refractivity contribution in [3.05, 3.63) is 59.5 Å². The van der Waals surface area contributed by atoms with E-state index in [2.05, 4.69) is 0 Å². The lowest BCUT2D eigenvalue weighted by Gasteiger charge is -2.17. The number of furan rings is 1. The molecule has 1 aliphatic rings. The van der Waals surface area contributed by atoms with E-state index in [1.54, 1.807) is 21.6 Å². The van der Waals surface area contributed by atoms with Gasteiger partial charge in [-0.15, -0.1) is 0 Å². The molecular formula is C18H16F2N2O2. The van der Waals surface area contributed by atoms with E-state index in [4.69, 9.17) is 4.42 Å². The minimum Gasteiger partial charge on any atom is -0.463 e. The van der Waals surface area contributed by atoms with Gasteiger partial charge < -0.3 is 13.9 Å². The molecule has 0 spiro atoms. The molecule has 0 radical (unpaired) electrons. The summed E-state index contributed by atoms with van der Waals surface area (Å²) in [5.41, 5.74) is 1.52. The van der Waals surface area contributed by atoms with Gasteiger partial charge in [0.25, 0.3) is 5.91 Å². The monoisotopic (exact) mass is 330 g/mol. The van der Waals surface area contributed by atoms with Crippen LogP contribution in [-0.4, -0.2) is 28.5 Å². The van der Waals surface area contributed by atoms with E-state index in [1.807, 2.05) is 0 Å². The number of fused-ring (bicyclic) bond motifs is 1. The van der Waals surface area contributed by atoms with Crippen LogP contribution in [0.5, 0.6) is 0 Å². The van der Waals surface area contributed by atoms with Gasteiger partial charge in [0.2, 0.25) is 0 Å². The fourth-order valence-electron chi connectivity index (χ4n) is 3.25. The molecule has 0 unspecified atom stereocenters. The molecule has 0 saturated carbocycles. The van der Waals surface area contributed by atoms with Crippen molar-refractivity contribution in [3.63, 3.8) is 0 Å². The van der Waals surface area contributed by atoms with Crippen LogP contribution in [0.15, 0.2) is 41.0 Å². The molecule has 0 bridgehead atoms. The highest BCUT2D eigenvalue weighted by Crippen LogP contribution is 2.26. The van der Waals surface area contributed by atoms with Crippen LogP contribution in [0.2, 0.25) is 0 Å². The highest BCUT2D eigenvalue weighted by molar-refractivity contribution is 5.97. The van der Waals surface area contributed by atoms with Crippen molar-refractivity contribution < 1.29 is 18.0 Å². The molecular weight excluding hydrogens is 314 g/mol. The molecule has 0 atom stereocenters. The second-order valence-corrected chi connectivity index (χ2v) is 5.99. The van der Waals surface area contributed by atoms with Gasteiger partial charge in [0.1, 0.15) is 17.3 Å². The topological polar surface area (TPSA) is 38.4 Å². The van der Waals surface area contributed by atoms with Crippen LogP contribution in [0.4, 0.5) is 8.78 Å². The summed E-state index contributed by atoms with van der Waals surface area (Å²) >= 11 is 0. The maximum Gasteiger partial charge on any atom is 0.270 e. The predicted octanol–water partition coefficient (Wildman–Crippen LogP) is 3.80. The Morgan fingerprint density at radius 3 is 2.54 bits per heavy atom. The van der Waals surface area contributed by atoms with E-state index in [9.17, 15) is 13.6 Å². The van der Waals surface area contributed by atoms with Crippen molar-refractivity contribution >= 4 is 17.0 Å². The number of rotatable bonds is 3. The number of benzene rings is 1. The SMILES string of the molecule is O=C(c1cc2occc2n1Cc1c(F)cccc1F)N1CCCC1. The zero-order valence-electron chi connectivity index (χ0n) is 13.0. The maximum atomic E-state index is 14.0. The fraction of sp³-hybridized carbons (Fsp3) is 0.278. The van der Waals surface area contributed by atoms with Gasteiger partial charge in [-0.25, -0.2) is 8.78 Å². The maximum absolute atomic E-state index is 14.0. The number of hydrogen-bond acceptors (Lipinski definition) is 2. The van der Waals surface area contributed by atoms with Crippen LogP contribution < -0.4 is 0 Å². The highest BCUT2D eigenvalue weighted by atomic mass is 19.1. The lowest BCUT2D eigenvalue weighted by molar-refractivity contribution is 0.0783. The minimum atomic E-state index is -0.625. The molecule has 1 aliphatic heterocycles. The van der Waals surface area contributed by atoms with Gasteiger partial charge in [-0.3, -0.25) is 4.79 Å². The van der Waals surface area contributed by atoms with E-state index in [-0.39, 0.29) is 18.0 Å². The van der Waals surface area contributed by atoms with Gasteiger partial charge in [0.05, 0.1) is 18.3 Å². The predicted molar refractivity (Wildman–Crippen MR) is 84.8 cm³/mol. The molecule has 4 nitrogen and oxygen atoms in total. The number of halogens is 2. The summed E-state index contributed by atoms with van der Waals surface area (Å²) in [5.74, 6) is -1.38. The molecule has 0 aliphatic carbocycles. The molecule has 124 valence electrons. The van der Waals surface area contributed by atoms with Crippen LogP contribution in [-0.2, 0) is 6.54 Å². The average Bonchev–Trinajstić information content (AvgIpc) is 3.28. The molecule has 1 aromatic carbocycles. The summed E-state index contributed by atoms with van der Waals surface area (Å²) in [6.45, 7) is 1.36. The first-order valence-corrected chi connectivity index (χ1v) is 7.94. The Morgan fingerprint density at radius 2 is 1.83 bits per heavy atom.